The molecule has 5 nitrogen and oxygen atoms in total. The Bertz CT molecular complexity index is 920. The molecule has 5 heteroatoms. The highest BCUT2D eigenvalue weighted by atomic mass is 16.5. The number of esters is 1. The second kappa shape index (κ2) is 10.0. The third kappa shape index (κ3) is 5.06. The zero-order valence-corrected chi connectivity index (χ0v) is 21.9. The Labute approximate surface area is 206 Å². The minimum absolute atomic E-state index is 0.0780. The number of aryl methyl sites for hydroxylation is 2. The molecule has 2 aliphatic carbocycles. The summed E-state index contributed by atoms with van der Waals surface area (Å²) in [5, 5.41) is 11.8. The van der Waals surface area contributed by atoms with E-state index >= 15 is 0 Å². The first kappa shape index (κ1) is 25.2. The summed E-state index contributed by atoms with van der Waals surface area (Å²) in [6.45, 7) is 17.7. The van der Waals surface area contributed by atoms with E-state index in [1.165, 1.54) is 23.7 Å². The summed E-state index contributed by atoms with van der Waals surface area (Å²) >= 11 is 0. The molecular weight excluding hydrogens is 424 g/mol. The predicted octanol–water partition coefficient (Wildman–Crippen LogP) is 4.55. The molecule has 1 saturated carbocycles. The maximum atomic E-state index is 11.8. The molecule has 0 spiro atoms. The number of ether oxygens (including phenoxy) is 1. The molecule has 6 atom stereocenters. The van der Waals surface area contributed by atoms with Gasteiger partial charge in [-0.25, -0.2) is 0 Å². The first-order valence-corrected chi connectivity index (χ1v) is 13.1. The lowest BCUT2D eigenvalue weighted by molar-refractivity contribution is -0.148. The molecule has 0 bridgehead atoms. The molecule has 1 aliphatic heterocycles. The van der Waals surface area contributed by atoms with Crippen LogP contribution in [0.3, 0.4) is 0 Å². The summed E-state index contributed by atoms with van der Waals surface area (Å²) in [5.41, 5.74) is 4.17. The van der Waals surface area contributed by atoms with E-state index < -0.39 is 11.7 Å². The van der Waals surface area contributed by atoms with E-state index in [0.29, 0.717) is 11.8 Å². The van der Waals surface area contributed by atoms with E-state index in [4.69, 9.17) is 4.74 Å². The Hall–Kier alpha value is -1.85. The van der Waals surface area contributed by atoms with Crippen molar-refractivity contribution in [2.24, 2.45) is 23.7 Å². The van der Waals surface area contributed by atoms with Crippen LogP contribution in [-0.2, 0) is 9.53 Å². The summed E-state index contributed by atoms with van der Waals surface area (Å²) in [4.78, 5) is 16.7. The topological polar surface area (TPSA) is 53.0 Å². The molecule has 34 heavy (non-hydrogen) atoms. The summed E-state index contributed by atoms with van der Waals surface area (Å²) in [5.74, 6) is 0.838. The second-order valence-corrected chi connectivity index (χ2v) is 11.2. The number of nitrogens with zero attached hydrogens (tertiary/aromatic N) is 2. The minimum atomic E-state index is -0.918. The van der Waals surface area contributed by atoms with Gasteiger partial charge in [-0.3, -0.25) is 9.69 Å². The maximum Gasteiger partial charge on any atom is 0.303 e. The fraction of sp³-hybridized carbons (Fsp3) is 0.655. The second-order valence-electron chi connectivity index (χ2n) is 11.2. The zero-order valence-electron chi connectivity index (χ0n) is 21.9. The van der Waals surface area contributed by atoms with Gasteiger partial charge in [0.05, 0.1) is 5.60 Å². The molecule has 0 aromatic heterocycles. The van der Waals surface area contributed by atoms with Crippen LogP contribution in [0.2, 0.25) is 0 Å². The van der Waals surface area contributed by atoms with Crippen LogP contribution in [0.1, 0.15) is 51.7 Å². The third-order valence-corrected chi connectivity index (χ3v) is 8.67. The Kier molecular flexibility index (Phi) is 7.44. The summed E-state index contributed by atoms with van der Waals surface area (Å²) < 4.78 is 5.51. The molecule has 1 N–H and O–H groups in total. The van der Waals surface area contributed by atoms with Gasteiger partial charge in [0.1, 0.15) is 6.10 Å². The number of aliphatic hydroxyl groups is 1. The number of carbonyl (C=O) groups is 1. The van der Waals surface area contributed by atoms with Crippen molar-refractivity contribution in [2.45, 2.75) is 66.1 Å². The average Bonchev–Trinajstić information content (AvgIpc) is 2.78. The molecule has 1 saturated heterocycles. The van der Waals surface area contributed by atoms with Crippen molar-refractivity contribution in [3.63, 3.8) is 0 Å². The molecule has 3 aliphatic rings. The largest absolute Gasteiger partial charge is 0.458 e. The van der Waals surface area contributed by atoms with Gasteiger partial charge in [0.15, 0.2) is 0 Å². The summed E-state index contributed by atoms with van der Waals surface area (Å²) in [6.07, 6.45) is 5.84. The molecule has 1 aromatic carbocycles. The average molecular weight is 468 g/mol. The van der Waals surface area contributed by atoms with E-state index in [1.54, 1.807) is 0 Å². The molecular formula is C29H43N2O3. The van der Waals surface area contributed by atoms with Gasteiger partial charge in [0, 0.05) is 57.7 Å². The molecule has 1 unspecified atom stereocenters. The Morgan fingerprint density at radius 3 is 2.56 bits per heavy atom. The monoisotopic (exact) mass is 467 g/mol. The Morgan fingerprint density at radius 1 is 1.18 bits per heavy atom. The fourth-order valence-corrected chi connectivity index (χ4v) is 6.53. The van der Waals surface area contributed by atoms with E-state index in [-0.39, 0.29) is 17.8 Å². The van der Waals surface area contributed by atoms with Gasteiger partial charge in [0.2, 0.25) is 0 Å². The first-order valence-electron chi connectivity index (χ1n) is 13.1. The van der Waals surface area contributed by atoms with Crippen LogP contribution in [0.15, 0.2) is 29.8 Å². The highest BCUT2D eigenvalue weighted by Gasteiger charge is 2.53. The summed E-state index contributed by atoms with van der Waals surface area (Å²) in [6, 6.07) is 6.73. The number of rotatable bonds is 5. The molecule has 0 amide bonds. The van der Waals surface area contributed by atoms with Crippen molar-refractivity contribution >= 4 is 11.7 Å². The van der Waals surface area contributed by atoms with E-state index in [2.05, 4.69) is 61.8 Å². The third-order valence-electron chi connectivity index (χ3n) is 8.67. The number of carbonyl (C=O) groups excluding carboxylic acids is 1. The number of fused-ring (bicyclic) bond motifs is 1. The number of hydrogen-bond acceptors (Lipinski definition) is 5. The summed E-state index contributed by atoms with van der Waals surface area (Å²) in [7, 11) is 0. The molecule has 1 radical (unpaired) electrons. The van der Waals surface area contributed by atoms with Gasteiger partial charge in [-0.05, 0) is 74.1 Å². The SMILES string of the molecule is CC(=O)O[C@@H]1[CH][C@@]2(O)[C@H](C)CC[C@@H](C(C)CN3CCN(c4cc(C)ccc4C)CC3)[C@H]2C=C1C. The van der Waals surface area contributed by atoms with Crippen molar-refractivity contribution in [1.82, 2.24) is 4.90 Å². The van der Waals surface area contributed by atoms with E-state index in [9.17, 15) is 9.90 Å². The Balaban J connectivity index is 1.41. The lowest BCUT2D eigenvalue weighted by Crippen LogP contribution is -2.57. The van der Waals surface area contributed by atoms with Crippen molar-refractivity contribution in [2.75, 3.05) is 37.6 Å². The van der Waals surface area contributed by atoms with Gasteiger partial charge in [-0.1, -0.05) is 32.1 Å². The van der Waals surface area contributed by atoms with E-state index in [1.807, 2.05) is 13.3 Å². The standard InChI is InChI=1S/C29H43N2O3/c1-19-7-8-20(2)27(15-19)31-13-11-30(12-14-31)18-22(4)25-10-9-23(5)29(33)17-28(34-24(6)32)21(3)16-26(25)29/h7-8,15-17,22-23,25-26,28,33H,9-14,18H2,1-6H3/t22?,23-,25+,26-,28-,29-/m1/s1. The molecule has 2 fully saturated rings. The predicted molar refractivity (Wildman–Crippen MR) is 138 cm³/mol. The number of anilines is 1. The van der Waals surface area contributed by atoms with Crippen LogP contribution >= 0.6 is 0 Å². The Morgan fingerprint density at radius 2 is 1.88 bits per heavy atom. The zero-order chi connectivity index (χ0) is 24.6. The van der Waals surface area contributed by atoms with Crippen LogP contribution in [0.5, 0.6) is 0 Å². The quantitative estimate of drug-likeness (QED) is 0.509. The van der Waals surface area contributed by atoms with Gasteiger partial charge in [-0.15, -0.1) is 0 Å². The van der Waals surface area contributed by atoms with Gasteiger partial charge in [-0.2, -0.15) is 0 Å². The van der Waals surface area contributed by atoms with E-state index in [0.717, 1.165) is 51.1 Å². The van der Waals surface area contributed by atoms with Gasteiger partial charge in [0.25, 0.3) is 0 Å². The van der Waals surface area contributed by atoms with Crippen molar-refractivity contribution < 1.29 is 14.6 Å². The first-order chi connectivity index (χ1) is 16.1. The van der Waals surface area contributed by atoms with Gasteiger partial charge < -0.3 is 14.7 Å². The highest BCUT2D eigenvalue weighted by Crippen LogP contribution is 2.50. The maximum absolute atomic E-state index is 11.8. The molecule has 4 rings (SSSR count). The van der Waals surface area contributed by atoms with Gasteiger partial charge >= 0.3 is 5.97 Å². The highest BCUT2D eigenvalue weighted by molar-refractivity contribution is 5.66. The van der Waals surface area contributed by atoms with Crippen LogP contribution in [0, 0.1) is 43.9 Å². The fourth-order valence-electron chi connectivity index (χ4n) is 6.53. The van der Waals surface area contributed by atoms with Crippen molar-refractivity contribution in [3.05, 3.63) is 47.4 Å². The van der Waals surface area contributed by atoms with Crippen LogP contribution in [0.25, 0.3) is 0 Å². The van der Waals surface area contributed by atoms with Crippen molar-refractivity contribution in [3.8, 4) is 0 Å². The van der Waals surface area contributed by atoms with Crippen LogP contribution in [0.4, 0.5) is 5.69 Å². The van der Waals surface area contributed by atoms with Crippen LogP contribution < -0.4 is 4.90 Å². The number of hydrogen-bond donors (Lipinski definition) is 1. The number of piperazine rings is 1. The normalized spacial score (nSPS) is 33.1. The lowest BCUT2D eigenvalue weighted by atomic mass is 9.57. The molecule has 187 valence electrons. The minimum Gasteiger partial charge on any atom is -0.458 e. The smallest absolute Gasteiger partial charge is 0.303 e. The number of benzene rings is 1. The molecule has 1 heterocycles. The molecule has 1 aromatic rings. The lowest BCUT2D eigenvalue weighted by Gasteiger charge is -2.53. The van der Waals surface area contributed by atoms with Crippen molar-refractivity contribution in [1.29, 1.82) is 0 Å². The van der Waals surface area contributed by atoms with Crippen LogP contribution in [-0.4, -0.2) is 60.4 Å².